The van der Waals surface area contributed by atoms with Crippen LogP contribution in [0.25, 0.3) is 0 Å². The molecule has 0 N–H and O–H groups in total. The minimum Gasteiger partial charge on any atom is -0.368 e. The second-order valence-electron chi connectivity index (χ2n) is 6.43. The van der Waals surface area contributed by atoms with Crippen LogP contribution in [-0.2, 0) is 14.6 Å². The zero-order valence-electron chi connectivity index (χ0n) is 14.3. The van der Waals surface area contributed by atoms with Crippen molar-refractivity contribution in [3.63, 3.8) is 0 Å². The van der Waals surface area contributed by atoms with Crippen molar-refractivity contribution in [1.82, 2.24) is 4.90 Å². The second-order valence-corrected chi connectivity index (χ2v) is 9.26. The van der Waals surface area contributed by atoms with Crippen molar-refractivity contribution in [1.29, 1.82) is 0 Å². The third-order valence-corrected chi connectivity index (χ3v) is 6.96. The van der Waals surface area contributed by atoms with Gasteiger partial charge in [0, 0.05) is 31.9 Å². The molecule has 0 radical (unpaired) electrons. The molecule has 6 heteroatoms. The molecule has 0 saturated carbocycles. The van der Waals surface area contributed by atoms with Crippen molar-refractivity contribution in [2.45, 2.75) is 38.2 Å². The lowest BCUT2D eigenvalue weighted by Gasteiger charge is -2.37. The normalized spacial score (nSPS) is 17.4. The molecular weight excluding hydrogens is 312 g/mol. The Balaban J connectivity index is 2.00. The third-order valence-electron chi connectivity index (χ3n) is 4.46. The minimum atomic E-state index is -3.40. The number of aryl methyl sites for hydroxylation is 1. The molecule has 1 heterocycles. The molecule has 0 bridgehead atoms. The average Bonchev–Trinajstić information content (AvgIpc) is 2.53. The molecule has 1 atom stereocenters. The molecule has 0 spiro atoms. The first-order valence-electron chi connectivity index (χ1n) is 8.06. The lowest BCUT2D eigenvalue weighted by molar-refractivity contribution is -0.130. The maximum absolute atomic E-state index is 12.5. The quantitative estimate of drug-likeness (QED) is 0.841. The predicted octanol–water partition coefficient (Wildman–Crippen LogP) is 1.86. The van der Waals surface area contributed by atoms with Crippen LogP contribution in [0.4, 0.5) is 5.69 Å². The first-order valence-corrected chi connectivity index (χ1v) is 9.67. The summed E-state index contributed by atoms with van der Waals surface area (Å²) in [4.78, 5) is 16.4. The van der Waals surface area contributed by atoms with Gasteiger partial charge in [-0.15, -0.1) is 0 Å². The Bertz CT molecular complexity index is 662. The number of hydrogen-bond donors (Lipinski definition) is 0. The summed E-state index contributed by atoms with van der Waals surface area (Å²) in [6.45, 7) is 9.37. The summed E-state index contributed by atoms with van der Waals surface area (Å²) in [5.41, 5.74) is 2.36. The van der Waals surface area contributed by atoms with Gasteiger partial charge in [0.1, 0.15) is 5.25 Å². The molecule has 128 valence electrons. The highest BCUT2D eigenvalue weighted by atomic mass is 32.2. The van der Waals surface area contributed by atoms with E-state index in [9.17, 15) is 13.2 Å². The molecule has 1 amide bonds. The van der Waals surface area contributed by atoms with Crippen molar-refractivity contribution < 1.29 is 13.2 Å². The van der Waals surface area contributed by atoms with E-state index < -0.39 is 20.3 Å². The summed E-state index contributed by atoms with van der Waals surface area (Å²) in [6, 6.07) is 8.28. The number of carbonyl (C=O) groups is 1. The van der Waals surface area contributed by atoms with E-state index in [-0.39, 0.29) is 5.91 Å². The summed E-state index contributed by atoms with van der Waals surface area (Å²) in [6.07, 6.45) is 0. The largest absolute Gasteiger partial charge is 0.368 e. The maximum atomic E-state index is 12.5. The Morgan fingerprint density at radius 1 is 1.09 bits per heavy atom. The number of piperazine rings is 1. The number of anilines is 1. The number of nitrogens with zero attached hydrogens (tertiary/aromatic N) is 2. The van der Waals surface area contributed by atoms with Crippen LogP contribution in [0.2, 0.25) is 0 Å². The predicted molar refractivity (Wildman–Crippen MR) is 93.5 cm³/mol. The van der Waals surface area contributed by atoms with E-state index >= 15 is 0 Å². The molecule has 5 nitrogen and oxygen atoms in total. The molecule has 0 unspecified atom stereocenters. The molecule has 1 fully saturated rings. The van der Waals surface area contributed by atoms with Crippen molar-refractivity contribution in [3.05, 3.63) is 29.8 Å². The van der Waals surface area contributed by atoms with Gasteiger partial charge in [-0.3, -0.25) is 4.79 Å². The van der Waals surface area contributed by atoms with Crippen LogP contribution in [0.3, 0.4) is 0 Å². The Morgan fingerprint density at radius 2 is 1.70 bits per heavy atom. The van der Waals surface area contributed by atoms with Gasteiger partial charge in [-0.25, -0.2) is 8.42 Å². The van der Waals surface area contributed by atoms with E-state index in [2.05, 4.69) is 30.0 Å². The summed E-state index contributed by atoms with van der Waals surface area (Å²) >= 11 is 0. The van der Waals surface area contributed by atoms with Crippen LogP contribution < -0.4 is 4.90 Å². The highest BCUT2D eigenvalue weighted by Gasteiger charge is 2.34. The highest BCUT2D eigenvalue weighted by Crippen LogP contribution is 2.19. The monoisotopic (exact) mass is 338 g/mol. The van der Waals surface area contributed by atoms with Gasteiger partial charge in [0.05, 0.1) is 5.25 Å². The molecule has 1 aliphatic heterocycles. The number of hydrogen-bond acceptors (Lipinski definition) is 4. The Hall–Kier alpha value is -1.56. The molecule has 0 aromatic heterocycles. The number of benzene rings is 1. The van der Waals surface area contributed by atoms with Gasteiger partial charge in [0.25, 0.3) is 0 Å². The van der Waals surface area contributed by atoms with E-state index in [4.69, 9.17) is 0 Å². The minimum absolute atomic E-state index is 0.275. The summed E-state index contributed by atoms with van der Waals surface area (Å²) < 4.78 is 24.4. The summed E-state index contributed by atoms with van der Waals surface area (Å²) in [5.74, 6) is -0.275. The van der Waals surface area contributed by atoms with Crippen molar-refractivity contribution >= 4 is 21.4 Å². The molecule has 1 aromatic rings. The second kappa shape index (κ2) is 6.91. The third kappa shape index (κ3) is 3.86. The maximum Gasteiger partial charge on any atom is 0.240 e. The zero-order chi connectivity index (χ0) is 17.2. The lowest BCUT2D eigenvalue weighted by atomic mass is 10.2. The first-order chi connectivity index (χ1) is 10.7. The molecule has 1 saturated heterocycles. The van der Waals surface area contributed by atoms with Crippen LogP contribution in [0.15, 0.2) is 24.3 Å². The van der Waals surface area contributed by atoms with E-state index in [0.29, 0.717) is 13.1 Å². The lowest BCUT2D eigenvalue weighted by Crippen LogP contribution is -2.52. The van der Waals surface area contributed by atoms with Gasteiger partial charge in [0.2, 0.25) is 5.91 Å². The molecule has 0 aliphatic carbocycles. The van der Waals surface area contributed by atoms with Crippen molar-refractivity contribution in [3.8, 4) is 0 Å². The first kappa shape index (κ1) is 17.8. The van der Waals surface area contributed by atoms with E-state index in [1.807, 2.05) is 6.07 Å². The molecular formula is C17H26N2O3S. The number of carbonyl (C=O) groups excluding carboxylic acids is 1. The standard InChI is InChI=1S/C17H26N2O3S/c1-13(2)23(21,22)15(4)17(20)19-10-8-18(9-11-19)16-7-5-6-14(3)12-16/h5-7,12-13,15H,8-11H2,1-4H3/t15-/m0/s1. The van der Waals surface area contributed by atoms with Crippen molar-refractivity contribution in [2.75, 3.05) is 31.1 Å². The van der Waals surface area contributed by atoms with Crippen molar-refractivity contribution in [2.24, 2.45) is 0 Å². The topological polar surface area (TPSA) is 57.7 Å². The summed E-state index contributed by atoms with van der Waals surface area (Å²) in [5, 5.41) is -1.50. The molecule has 2 rings (SSSR count). The molecule has 1 aromatic carbocycles. The van der Waals surface area contributed by atoms with E-state index in [0.717, 1.165) is 18.8 Å². The van der Waals surface area contributed by atoms with Crippen LogP contribution in [0, 0.1) is 6.92 Å². The van der Waals surface area contributed by atoms with Gasteiger partial charge in [-0.2, -0.15) is 0 Å². The Labute approximate surface area is 139 Å². The van der Waals surface area contributed by atoms with E-state index in [1.165, 1.54) is 12.5 Å². The van der Waals surface area contributed by atoms with Crippen LogP contribution >= 0.6 is 0 Å². The fraction of sp³-hybridized carbons (Fsp3) is 0.588. The Morgan fingerprint density at radius 3 is 2.22 bits per heavy atom. The van der Waals surface area contributed by atoms with Crippen LogP contribution in [0.5, 0.6) is 0 Å². The zero-order valence-corrected chi connectivity index (χ0v) is 15.1. The fourth-order valence-corrected chi connectivity index (χ4v) is 4.06. The van der Waals surface area contributed by atoms with Gasteiger partial charge in [0.15, 0.2) is 9.84 Å². The van der Waals surface area contributed by atoms with Gasteiger partial charge in [-0.05, 0) is 45.4 Å². The number of rotatable bonds is 4. The van der Waals surface area contributed by atoms with Crippen LogP contribution in [0.1, 0.15) is 26.3 Å². The van der Waals surface area contributed by atoms with Gasteiger partial charge >= 0.3 is 0 Å². The highest BCUT2D eigenvalue weighted by molar-refractivity contribution is 7.93. The molecule has 1 aliphatic rings. The van der Waals surface area contributed by atoms with E-state index in [1.54, 1.807) is 18.7 Å². The number of sulfone groups is 1. The Kier molecular flexibility index (Phi) is 5.34. The smallest absolute Gasteiger partial charge is 0.240 e. The average molecular weight is 338 g/mol. The summed E-state index contributed by atoms with van der Waals surface area (Å²) in [7, 11) is -3.40. The van der Waals surface area contributed by atoms with Crippen LogP contribution in [-0.4, -0.2) is 55.9 Å². The molecule has 23 heavy (non-hydrogen) atoms. The number of amides is 1. The SMILES string of the molecule is Cc1cccc(N2CCN(C(=O)[C@H](C)S(=O)(=O)C(C)C)CC2)c1. The fourth-order valence-electron chi connectivity index (χ4n) is 2.82. The van der Waals surface area contributed by atoms with Gasteiger partial charge < -0.3 is 9.80 Å². The van der Waals surface area contributed by atoms with Gasteiger partial charge in [-0.1, -0.05) is 12.1 Å².